The Hall–Kier alpha value is -2.20. The lowest BCUT2D eigenvalue weighted by atomic mass is 9.99. The van der Waals surface area contributed by atoms with Crippen molar-refractivity contribution in [3.8, 4) is 11.1 Å². The molecule has 0 aliphatic heterocycles. The summed E-state index contributed by atoms with van der Waals surface area (Å²) in [5.74, 6) is 1.01. The number of nitrogens with one attached hydrogen (secondary N) is 1. The molecule has 1 N–H and O–H groups in total. The molecule has 1 aromatic heterocycles. The highest BCUT2D eigenvalue weighted by Crippen LogP contribution is 2.29. The number of fused-ring (bicyclic) bond motifs is 1. The number of aryl methyl sites for hydroxylation is 2. The van der Waals surface area contributed by atoms with Crippen molar-refractivity contribution in [1.29, 1.82) is 0 Å². The summed E-state index contributed by atoms with van der Waals surface area (Å²) in [4.78, 5) is 12.4. The van der Waals surface area contributed by atoms with Crippen molar-refractivity contribution < 1.29 is 0 Å². The molecule has 4 heteroatoms. The number of nitrogens with zero attached hydrogens (tertiary/aromatic N) is 1. The fourth-order valence-corrected chi connectivity index (χ4v) is 3.15. The first-order valence-electron chi connectivity index (χ1n) is 7.68. The molecule has 3 nitrogen and oxygen atoms in total. The number of hydrogen-bond acceptors (Lipinski definition) is 3. The third kappa shape index (κ3) is 3.13. The van der Waals surface area contributed by atoms with Gasteiger partial charge in [-0.25, -0.2) is 0 Å². The van der Waals surface area contributed by atoms with Crippen molar-refractivity contribution >= 4 is 28.4 Å². The van der Waals surface area contributed by atoms with Crippen LogP contribution in [0.25, 0.3) is 21.9 Å². The van der Waals surface area contributed by atoms with Crippen LogP contribution < -0.4 is 10.3 Å². The summed E-state index contributed by atoms with van der Waals surface area (Å²) >= 11 is 1.67. The summed E-state index contributed by atoms with van der Waals surface area (Å²) in [6.45, 7) is 4.17. The zero-order valence-corrected chi connectivity index (χ0v) is 14.4. The highest BCUT2D eigenvalue weighted by Gasteiger charge is 2.09. The molecular formula is C19H20N2OS. The number of aromatic nitrogens is 1. The maximum Gasteiger partial charge on any atom is 0.258 e. The largest absolute Gasteiger partial charge is 0.330 e. The van der Waals surface area contributed by atoms with Gasteiger partial charge in [0.2, 0.25) is 0 Å². The van der Waals surface area contributed by atoms with Crippen LogP contribution in [0.1, 0.15) is 12.5 Å². The Bertz CT molecular complexity index is 915. The first-order chi connectivity index (χ1) is 11.1. The van der Waals surface area contributed by atoms with E-state index in [1.807, 2.05) is 24.4 Å². The average Bonchev–Trinajstić information content (AvgIpc) is 2.56. The third-order valence-corrected chi connectivity index (χ3v) is 4.52. The molecule has 0 aliphatic rings. The molecule has 1 heterocycles. The summed E-state index contributed by atoms with van der Waals surface area (Å²) in [5, 5.41) is 1.77. The van der Waals surface area contributed by atoms with Gasteiger partial charge in [0.1, 0.15) is 0 Å². The highest BCUT2D eigenvalue weighted by molar-refractivity contribution is 8.00. The van der Waals surface area contributed by atoms with E-state index in [9.17, 15) is 4.79 Å². The highest BCUT2D eigenvalue weighted by atomic mass is 32.2. The second-order valence-electron chi connectivity index (χ2n) is 5.62. The lowest BCUT2D eigenvalue weighted by Gasteiger charge is -2.12. The van der Waals surface area contributed by atoms with Gasteiger partial charge in [0.15, 0.2) is 0 Å². The third-order valence-electron chi connectivity index (χ3n) is 3.85. The van der Waals surface area contributed by atoms with Crippen molar-refractivity contribution in [2.75, 3.05) is 10.5 Å². The van der Waals surface area contributed by atoms with Crippen LogP contribution >= 0.6 is 11.9 Å². The van der Waals surface area contributed by atoms with Gasteiger partial charge in [-0.1, -0.05) is 48.7 Å². The summed E-state index contributed by atoms with van der Waals surface area (Å²) in [7, 11) is 1.81. The molecule has 0 spiro atoms. The molecular weight excluding hydrogens is 304 g/mol. The molecule has 2 aromatic carbocycles. The van der Waals surface area contributed by atoms with Crippen LogP contribution in [0.5, 0.6) is 0 Å². The summed E-state index contributed by atoms with van der Waals surface area (Å²) in [6, 6.07) is 14.3. The Morgan fingerprint density at radius 1 is 1.13 bits per heavy atom. The number of rotatable bonds is 4. The van der Waals surface area contributed by atoms with E-state index in [0.717, 1.165) is 38.9 Å². The summed E-state index contributed by atoms with van der Waals surface area (Å²) < 4.78 is 5.00. The van der Waals surface area contributed by atoms with E-state index in [2.05, 4.69) is 42.8 Å². The lowest BCUT2D eigenvalue weighted by Crippen LogP contribution is -2.16. The minimum absolute atomic E-state index is 0.0413. The smallest absolute Gasteiger partial charge is 0.258 e. The molecule has 0 radical (unpaired) electrons. The Balaban J connectivity index is 2.22. The van der Waals surface area contributed by atoms with E-state index in [1.165, 1.54) is 0 Å². The van der Waals surface area contributed by atoms with Gasteiger partial charge in [0, 0.05) is 35.6 Å². The number of benzene rings is 2. The Morgan fingerprint density at radius 2 is 1.96 bits per heavy atom. The standard InChI is InChI=1S/C19H20N2OS/c1-4-23-20-15-7-5-6-14(11-15)18-12-21(3)19(22)16-9-8-13(2)10-17(16)18/h5-12,20H,4H2,1-3H3. The normalized spacial score (nSPS) is 10.9. The van der Waals surface area contributed by atoms with E-state index in [4.69, 9.17) is 0 Å². The Kier molecular flexibility index (Phi) is 4.44. The van der Waals surface area contributed by atoms with Crippen LogP contribution in [0.2, 0.25) is 0 Å². The van der Waals surface area contributed by atoms with Crippen molar-refractivity contribution in [2.45, 2.75) is 13.8 Å². The second kappa shape index (κ2) is 6.50. The van der Waals surface area contributed by atoms with E-state index in [1.54, 1.807) is 23.6 Å². The number of hydrogen-bond donors (Lipinski definition) is 1. The van der Waals surface area contributed by atoms with Crippen LogP contribution in [0, 0.1) is 6.92 Å². The fraction of sp³-hybridized carbons (Fsp3) is 0.211. The molecule has 0 atom stereocenters. The van der Waals surface area contributed by atoms with Gasteiger partial charge in [-0.2, -0.15) is 0 Å². The topological polar surface area (TPSA) is 34.0 Å². The van der Waals surface area contributed by atoms with Crippen molar-refractivity contribution in [3.63, 3.8) is 0 Å². The summed E-state index contributed by atoms with van der Waals surface area (Å²) in [5.41, 5.74) is 4.46. The van der Waals surface area contributed by atoms with Gasteiger partial charge in [-0.3, -0.25) is 4.79 Å². The Morgan fingerprint density at radius 3 is 2.74 bits per heavy atom. The van der Waals surface area contributed by atoms with Gasteiger partial charge < -0.3 is 9.29 Å². The Labute approximate surface area is 140 Å². The molecule has 0 aliphatic carbocycles. The van der Waals surface area contributed by atoms with Gasteiger partial charge >= 0.3 is 0 Å². The number of pyridine rings is 1. The first kappa shape index (κ1) is 15.7. The number of anilines is 1. The molecule has 0 amide bonds. The molecule has 0 unspecified atom stereocenters. The van der Waals surface area contributed by atoms with Crippen LogP contribution in [0.15, 0.2) is 53.5 Å². The maximum absolute atomic E-state index is 12.4. The molecule has 0 fully saturated rings. The predicted molar refractivity (Wildman–Crippen MR) is 101 cm³/mol. The van der Waals surface area contributed by atoms with Gasteiger partial charge in [-0.05, 0) is 36.1 Å². The summed E-state index contributed by atoms with van der Waals surface area (Å²) in [6.07, 6.45) is 1.93. The lowest BCUT2D eigenvalue weighted by molar-refractivity contribution is 0.875. The predicted octanol–water partition coefficient (Wildman–Crippen LogP) is 4.59. The second-order valence-corrected chi connectivity index (χ2v) is 6.69. The molecule has 0 saturated heterocycles. The van der Waals surface area contributed by atoms with Crippen LogP contribution in [-0.2, 0) is 7.05 Å². The van der Waals surface area contributed by atoms with Gasteiger partial charge in [0.25, 0.3) is 5.56 Å². The van der Waals surface area contributed by atoms with Crippen LogP contribution in [0.4, 0.5) is 5.69 Å². The quantitative estimate of drug-likeness (QED) is 0.713. The van der Waals surface area contributed by atoms with E-state index in [0.29, 0.717) is 0 Å². The fourth-order valence-electron chi connectivity index (χ4n) is 2.71. The zero-order valence-electron chi connectivity index (χ0n) is 13.6. The van der Waals surface area contributed by atoms with Crippen LogP contribution in [0.3, 0.4) is 0 Å². The van der Waals surface area contributed by atoms with E-state index in [-0.39, 0.29) is 5.56 Å². The minimum Gasteiger partial charge on any atom is -0.330 e. The van der Waals surface area contributed by atoms with Gasteiger partial charge in [-0.15, -0.1) is 0 Å². The van der Waals surface area contributed by atoms with Crippen molar-refractivity contribution in [2.24, 2.45) is 7.05 Å². The minimum atomic E-state index is 0.0413. The molecule has 0 saturated carbocycles. The zero-order chi connectivity index (χ0) is 16.4. The monoisotopic (exact) mass is 324 g/mol. The maximum atomic E-state index is 12.4. The first-order valence-corrected chi connectivity index (χ1v) is 8.67. The SMILES string of the molecule is CCSNc1cccc(-c2cn(C)c(=O)c3ccc(C)cc23)c1. The molecule has 23 heavy (non-hydrogen) atoms. The van der Waals surface area contributed by atoms with Crippen LogP contribution in [-0.4, -0.2) is 10.3 Å². The molecule has 3 rings (SSSR count). The molecule has 3 aromatic rings. The van der Waals surface area contributed by atoms with E-state index >= 15 is 0 Å². The molecule has 0 bridgehead atoms. The average molecular weight is 324 g/mol. The molecule has 118 valence electrons. The van der Waals surface area contributed by atoms with E-state index < -0.39 is 0 Å². The van der Waals surface area contributed by atoms with Gasteiger partial charge in [0.05, 0.1) is 0 Å². The van der Waals surface area contributed by atoms with Crippen molar-refractivity contribution in [1.82, 2.24) is 4.57 Å². The van der Waals surface area contributed by atoms with Crippen molar-refractivity contribution in [3.05, 3.63) is 64.6 Å².